The van der Waals surface area contributed by atoms with E-state index in [0.29, 0.717) is 22.8 Å². The highest BCUT2D eigenvalue weighted by atomic mass is 16.5. The lowest BCUT2D eigenvalue weighted by molar-refractivity contribution is -0.123. The van der Waals surface area contributed by atoms with Crippen molar-refractivity contribution in [3.05, 3.63) is 23.8 Å². The van der Waals surface area contributed by atoms with Gasteiger partial charge in [-0.05, 0) is 23.8 Å². The summed E-state index contributed by atoms with van der Waals surface area (Å²) in [6.45, 7) is -0.199. The molecule has 22 heavy (non-hydrogen) atoms. The quantitative estimate of drug-likeness (QED) is 0.279. The van der Waals surface area contributed by atoms with Gasteiger partial charge in [0.15, 0.2) is 11.5 Å². The van der Waals surface area contributed by atoms with E-state index in [9.17, 15) is 9.59 Å². The lowest BCUT2D eigenvalue weighted by Gasteiger charge is -2.12. The van der Waals surface area contributed by atoms with E-state index in [-0.39, 0.29) is 6.54 Å². The van der Waals surface area contributed by atoms with Crippen molar-refractivity contribution in [2.45, 2.75) is 0 Å². The summed E-state index contributed by atoms with van der Waals surface area (Å²) in [6, 6.07) is 3.38. The van der Waals surface area contributed by atoms with Crippen molar-refractivity contribution in [3.8, 4) is 17.2 Å². The number of methoxy groups -OCH3 is 3. The number of benzene rings is 1. The Kier molecular flexibility index (Phi) is 6.71. The van der Waals surface area contributed by atoms with Crippen LogP contribution in [0, 0.1) is 0 Å². The van der Waals surface area contributed by atoms with Crippen molar-refractivity contribution in [2.24, 2.45) is 5.84 Å². The normalized spacial score (nSPS) is 10.2. The summed E-state index contributed by atoms with van der Waals surface area (Å²) >= 11 is 0. The summed E-state index contributed by atoms with van der Waals surface area (Å²) in [5.74, 6) is 5.40. The van der Waals surface area contributed by atoms with Gasteiger partial charge in [0, 0.05) is 6.08 Å². The third kappa shape index (κ3) is 4.67. The molecule has 0 aliphatic rings. The van der Waals surface area contributed by atoms with Crippen molar-refractivity contribution in [1.29, 1.82) is 0 Å². The van der Waals surface area contributed by atoms with E-state index >= 15 is 0 Å². The molecule has 8 nitrogen and oxygen atoms in total. The Morgan fingerprint density at radius 1 is 1.14 bits per heavy atom. The zero-order valence-corrected chi connectivity index (χ0v) is 12.6. The number of carbonyl (C=O) groups excluding carboxylic acids is 2. The second-order valence-corrected chi connectivity index (χ2v) is 4.08. The van der Waals surface area contributed by atoms with E-state index in [4.69, 9.17) is 20.1 Å². The van der Waals surface area contributed by atoms with Crippen molar-refractivity contribution in [2.75, 3.05) is 27.9 Å². The first-order valence-corrected chi connectivity index (χ1v) is 6.31. The van der Waals surface area contributed by atoms with E-state index < -0.39 is 11.8 Å². The molecular weight excluding hydrogens is 290 g/mol. The largest absolute Gasteiger partial charge is 0.493 e. The molecule has 0 fully saturated rings. The minimum Gasteiger partial charge on any atom is -0.493 e. The van der Waals surface area contributed by atoms with Gasteiger partial charge in [-0.25, -0.2) is 5.84 Å². The lowest BCUT2D eigenvalue weighted by Crippen LogP contribution is -2.39. The molecule has 0 unspecified atom stereocenters. The van der Waals surface area contributed by atoms with Gasteiger partial charge in [-0.1, -0.05) is 0 Å². The fraction of sp³-hybridized carbons (Fsp3) is 0.286. The fourth-order valence-electron chi connectivity index (χ4n) is 1.65. The van der Waals surface area contributed by atoms with Gasteiger partial charge in [-0.3, -0.25) is 15.0 Å². The standard InChI is InChI=1S/C14H19N3O5/c1-20-10-6-9(7-11(21-2)14(10)22-3)4-5-12(18)16-8-13(19)17-15/h4-7H,8,15H2,1-3H3,(H,16,18)(H,17,19)/b5-4-. The van der Waals surface area contributed by atoms with Crippen LogP contribution in [0.5, 0.6) is 17.2 Å². The van der Waals surface area contributed by atoms with Crippen LogP contribution >= 0.6 is 0 Å². The van der Waals surface area contributed by atoms with Crippen LogP contribution in [0.3, 0.4) is 0 Å². The van der Waals surface area contributed by atoms with Crippen LogP contribution in [0.2, 0.25) is 0 Å². The van der Waals surface area contributed by atoms with Gasteiger partial charge in [0.1, 0.15) is 0 Å². The molecule has 0 radical (unpaired) electrons. The average molecular weight is 309 g/mol. The average Bonchev–Trinajstić information content (AvgIpc) is 2.56. The number of nitrogens with one attached hydrogen (secondary N) is 2. The Balaban J connectivity index is 2.86. The van der Waals surface area contributed by atoms with Crippen LogP contribution in [0.1, 0.15) is 5.56 Å². The van der Waals surface area contributed by atoms with Crippen LogP contribution in [-0.2, 0) is 9.59 Å². The molecule has 2 amide bonds. The minimum absolute atomic E-state index is 0.199. The summed E-state index contributed by atoms with van der Waals surface area (Å²) < 4.78 is 15.6. The molecule has 0 saturated carbocycles. The highest BCUT2D eigenvalue weighted by molar-refractivity contribution is 5.94. The molecule has 1 aromatic carbocycles. The molecule has 0 spiro atoms. The molecule has 0 aromatic heterocycles. The molecule has 120 valence electrons. The van der Waals surface area contributed by atoms with E-state index in [1.54, 1.807) is 18.2 Å². The molecule has 8 heteroatoms. The van der Waals surface area contributed by atoms with E-state index in [1.165, 1.54) is 27.4 Å². The van der Waals surface area contributed by atoms with Gasteiger partial charge in [0.05, 0.1) is 27.9 Å². The number of hydrogen-bond donors (Lipinski definition) is 3. The second-order valence-electron chi connectivity index (χ2n) is 4.08. The van der Waals surface area contributed by atoms with Crippen LogP contribution in [0.25, 0.3) is 6.08 Å². The summed E-state index contributed by atoms with van der Waals surface area (Å²) in [7, 11) is 4.51. The molecule has 1 aromatic rings. The van der Waals surface area contributed by atoms with Gasteiger partial charge in [0.25, 0.3) is 5.91 Å². The predicted molar refractivity (Wildman–Crippen MR) is 80.5 cm³/mol. The number of nitrogens with two attached hydrogens (primary N) is 1. The number of carbonyl (C=O) groups is 2. The van der Waals surface area contributed by atoms with Gasteiger partial charge >= 0.3 is 0 Å². The first kappa shape index (κ1) is 17.3. The zero-order chi connectivity index (χ0) is 16.5. The summed E-state index contributed by atoms with van der Waals surface area (Å²) in [5, 5.41) is 2.38. The van der Waals surface area contributed by atoms with Crippen molar-refractivity contribution < 1.29 is 23.8 Å². The van der Waals surface area contributed by atoms with Crippen LogP contribution in [0.4, 0.5) is 0 Å². The third-order valence-electron chi connectivity index (χ3n) is 2.70. The summed E-state index contributed by atoms with van der Waals surface area (Å²) in [4.78, 5) is 22.5. The van der Waals surface area contributed by atoms with Crippen LogP contribution < -0.4 is 30.8 Å². The monoisotopic (exact) mass is 309 g/mol. The minimum atomic E-state index is -0.491. The van der Waals surface area contributed by atoms with Crippen molar-refractivity contribution in [3.63, 3.8) is 0 Å². The van der Waals surface area contributed by atoms with E-state index in [2.05, 4.69) is 5.32 Å². The van der Waals surface area contributed by atoms with Gasteiger partial charge in [-0.15, -0.1) is 0 Å². The Morgan fingerprint density at radius 3 is 2.18 bits per heavy atom. The smallest absolute Gasteiger partial charge is 0.253 e. The Morgan fingerprint density at radius 2 is 1.73 bits per heavy atom. The fourth-order valence-corrected chi connectivity index (χ4v) is 1.65. The Labute approximate surface area is 128 Å². The first-order chi connectivity index (χ1) is 10.5. The Bertz CT molecular complexity index is 547. The molecule has 0 bridgehead atoms. The molecule has 0 heterocycles. The van der Waals surface area contributed by atoms with Gasteiger partial charge < -0.3 is 19.5 Å². The number of amides is 2. The molecule has 1 rings (SSSR count). The van der Waals surface area contributed by atoms with Crippen LogP contribution in [-0.4, -0.2) is 39.7 Å². The van der Waals surface area contributed by atoms with E-state index in [0.717, 1.165) is 0 Å². The third-order valence-corrected chi connectivity index (χ3v) is 2.70. The van der Waals surface area contributed by atoms with Gasteiger partial charge in [-0.2, -0.15) is 0 Å². The first-order valence-electron chi connectivity index (χ1n) is 6.31. The SMILES string of the molecule is COc1cc(/C=C\C(=O)NCC(=O)NN)cc(OC)c1OC. The number of hydrazine groups is 1. The molecule has 0 aliphatic carbocycles. The zero-order valence-electron chi connectivity index (χ0n) is 12.6. The molecule has 0 saturated heterocycles. The summed E-state index contributed by atoms with van der Waals surface area (Å²) in [6.07, 6.45) is 2.84. The molecule has 4 N–H and O–H groups in total. The van der Waals surface area contributed by atoms with Gasteiger partial charge in [0.2, 0.25) is 11.7 Å². The molecule has 0 atom stereocenters. The highest BCUT2D eigenvalue weighted by Crippen LogP contribution is 2.38. The van der Waals surface area contributed by atoms with Crippen molar-refractivity contribution >= 4 is 17.9 Å². The van der Waals surface area contributed by atoms with Crippen LogP contribution in [0.15, 0.2) is 18.2 Å². The van der Waals surface area contributed by atoms with E-state index in [1.807, 2.05) is 5.43 Å². The maximum atomic E-state index is 11.6. The molecule has 0 aliphatic heterocycles. The Hall–Kier alpha value is -2.74. The predicted octanol–water partition coefficient (Wildman–Crippen LogP) is -0.168. The topological polar surface area (TPSA) is 112 Å². The highest BCUT2D eigenvalue weighted by Gasteiger charge is 2.12. The second kappa shape index (κ2) is 8.53. The molecular formula is C14H19N3O5. The number of ether oxygens (including phenoxy) is 3. The maximum absolute atomic E-state index is 11.6. The summed E-state index contributed by atoms with van der Waals surface area (Å²) in [5.41, 5.74) is 2.59. The van der Waals surface area contributed by atoms with Crippen molar-refractivity contribution in [1.82, 2.24) is 10.7 Å². The number of rotatable bonds is 7. The lowest BCUT2D eigenvalue weighted by atomic mass is 10.1. The maximum Gasteiger partial charge on any atom is 0.253 e. The number of hydrogen-bond acceptors (Lipinski definition) is 6.